The molecule has 4 nitrogen and oxygen atoms in total. The summed E-state index contributed by atoms with van der Waals surface area (Å²) in [5, 5.41) is 7.76. The second kappa shape index (κ2) is 7.09. The lowest BCUT2D eigenvalue weighted by atomic mass is 10.2. The number of hydrogen-bond acceptors (Lipinski definition) is 4. The van der Waals surface area contributed by atoms with Crippen molar-refractivity contribution in [1.82, 2.24) is 0 Å². The number of anilines is 2. The molecule has 0 amide bonds. The topological polar surface area (TPSA) is 50.4 Å². The SMILES string of the molecule is COC(=O)c1cc(C)sc1NC(=S)Nc1ccc(C)c(Cl)c1. The van der Waals surface area contributed by atoms with Crippen LogP contribution < -0.4 is 10.6 Å². The van der Waals surface area contributed by atoms with E-state index in [1.54, 1.807) is 12.1 Å². The minimum absolute atomic E-state index is 0.381. The molecule has 0 fully saturated rings. The first-order valence-electron chi connectivity index (χ1n) is 6.43. The fourth-order valence-electron chi connectivity index (χ4n) is 1.80. The number of aryl methyl sites for hydroxylation is 2. The van der Waals surface area contributed by atoms with Crippen LogP contribution in [0.3, 0.4) is 0 Å². The quantitative estimate of drug-likeness (QED) is 0.622. The molecule has 1 aromatic heterocycles. The van der Waals surface area contributed by atoms with Crippen LogP contribution in [0.1, 0.15) is 20.8 Å². The molecule has 0 radical (unpaired) electrons. The van der Waals surface area contributed by atoms with Crippen molar-refractivity contribution in [3.63, 3.8) is 0 Å². The number of nitrogens with one attached hydrogen (secondary N) is 2. The first-order chi connectivity index (χ1) is 10.4. The molecule has 0 aliphatic heterocycles. The molecule has 0 atom stereocenters. The van der Waals surface area contributed by atoms with Crippen molar-refractivity contribution in [1.29, 1.82) is 0 Å². The molecule has 0 aliphatic carbocycles. The zero-order valence-electron chi connectivity index (χ0n) is 12.3. The second-order valence-electron chi connectivity index (χ2n) is 4.63. The van der Waals surface area contributed by atoms with Gasteiger partial charge in [0.1, 0.15) is 5.00 Å². The van der Waals surface area contributed by atoms with E-state index in [0.29, 0.717) is 20.7 Å². The molecular weight excluding hydrogens is 340 g/mol. The van der Waals surface area contributed by atoms with Gasteiger partial charge in [-0.15, -0.1) is 11.3 Å². The maximum atomic E-state index is 11.7. The third kappa shape index (κ3) is 3.97. The van der Waals surface area contributed by atoms with Gasteiger partial charge in [0.15, 0.2) is 5.11 Å². The van der Waals surface area contributed by atoms with Gasteiger partial charge in [0.25, 0.3) is 0 Å². The Morgan fingerprint density at radius 2 is 2.00 bits per heavy atom. The molecule has 1 aromatic carbocycles. The molecule has 2 N–H and O–H groups in total. The number of thiophene rings is 1. The average Bonchev–Trinajstić information content (AvgIpc) is 2.82. The molecule has 0 saturated heterocycles. The molecule has 22 heavy (non-hydrogen) atoms. The number of carbonyl (C=O) groups excluding carboxylic acids is 1. The lowest BCUT2D eigenvalue weighted by Gasteiger charge is -2.11. The van der Waals surface area contributed by atoms with Crippen LogP contribution in [-0.2, 0) is 4.74 Å². The molecule has 7 heteroatoms. The number of hydrogen-bond donors (Lipinski definition) is 2. The Labute approximate surface area is 143 Å². The molecule has 0 spiro atoms. The first-order valence-corrected chi connectivity index (χ1v) is 8.04. The van der Waals surface area contributed by atoms with Gasteiger partial charge in [-0.3, -0.25) is 0 Å². The molecule has 116 valence electrons. The zero-order chi connectivity index (χ0) is 16.3. The van der Waals surface area contributed by atoms with Gasteiger partial charge in [-0.1, -0.05) is 17.7 Å². The minimum Gasteiger partial charge on any atom is -0.465 e. The highest BCUT2D eigenvalue weighted by Crippen LogP contribution is 2.28. The van der Waals surface area contributed by atoms with Gasteiger partial charge in [0, 0.05) is 15.6 Å². The van der Waals surface area contributed by atoms with E-state index in [2.05, 4.69) is 10.6 Å². The van der Waals surface area contributed by atoms with Crippen LogP contribution in [0.5, 0.6) is 0 Å². The van der Waals surface area contributed by atoms with E-state index in [1.807, 2.05) is 26.0 Å². The highest BCUT2D eigenvalue weighted by molar-refractivity contribution is 7.80. The van der Waals surface area contributed by atoms with Gasteiger partial charge in [-0.05, 0) is 49.8 Å². The van der Waals surface area contributed by atoms with E-state index in [-0.39, 0.29) is 0 Å². The van der Waals surface area contributed by atoms with E-state index in [0.717, 1.165) is 16.1 Å². The molecular formula is C15H15ClN2O2S2. The monoisotopic (exact) mass is 354 g/mol. The second-order valence-corrected chi connectivity index (χ2v) is 6.71. The van der Waals surface area contributed by atoms with Crippen molar-refractivity contribution >= 4 is 56.9 Å². The van der Waals surface area contributed by atoms with Crippen molar-refractivity contribution in [2.24, 2.45) is 0 Å². The normalized spacial score (nSPS) is 10.2. The molecule has 0 unspecified atom stereocenters. The van der Waals surface area contributed by atoms with Crippen molar-refractivity contribution in [2.45, 2.75) is 13.8 Å². The number of benzene rings is 1. The maximum Gasteiger partial charge on any atom is 0.340 e. The largest absolute Gasteiger partial charge is 0.465 e. The fourth-order valence-corrected chi connectivity index (χ4v) is 3.17. The van der Waals surface area contributed by atoms with Crippen molar-refractivity contribution in [3.8, 4) is 0 Å². The molecule has 0 aliphatic rings. The average molecular weight is 355 g/mol. The number of esters is 1. The van der Waals surface area contributed by atoms with E-state index >= 15 is 0 Å². The van der Waals surface area contributed by atoms with E-state index < -0.39 is 5.97 Å². The van der Waals surface area contributed by atoms with Gasteiger partial charge in [-0.25, -0.2) is 4.79 Å². The maximum absolute atomic E-state index is 11.7. The summed E-state index contributed by atoms with van der Waals surface area (Å²) >= 11 is 12.8. The van der Waals surface area contributed by atoms with Crippen LogP contribution in [0.25, 0.3) is 0 Å². The predicted octanol–water partition coefficient (Wildman–Crippen LogP) is 4.61. The lowest BCUT2D eigenvalue weighted by Crippen LogP contribution is -2.19. The van der Waals surface area contributed by atoms with Gasteiger partial charge in [0.05, 0.1) is 12.7 Å². The molecule has 2 aromatic rings. The zero-order valence-corrected chi connectivity index (χ0v) is 14.7. The fraction of sp³-hybridized carbons (Fsp3) is 0.200. The van der Waals surface area contributed by atoms with Crippen molar-refractivity contribution < 1.29 is 9.53 Å². The lowest BCUT2D eigenvalue weighted by molar-refractivity contribution is 0.0602. The third-order valence-corrected chi connectivity index (χ3v) is 4.49. The Morgan fingerprint density at radius 1 is 1.27 bits per heavy atom. The Kier molecular flexibility index (Phi) is 5.39. The van der Waals surface area contributed by atoms with Crippen LogP contribution in [-0.4, -0.2) is 18.2 Å². The van der Waals surface area contributed by atoms with Crippen molar-refractivity contribution in [2.75, 3.05) is 17.7 Å². The number of rotatable bonds is 3. The Bertz CT molecular complexity index is 728. The predicted molar refractivity (Wildman–Crippen MR) is 96.4 cm³/mol. The summed E-state index contributed by atoms with van der Waals surface area (Å²) in [6, 6.07) is 7.36. The number of carbonyl (C=O) groups is 1. The van der Waals surface area contributed by atoms with Gasteiger partial charge >= 0.3 is 5.97 Å². The molecule has 0 bridgehead atoms. The summed E-state index contributed by atoms with van der Waals surface area (Å²) in [7, 11) is 1.35. The Morgan fingerprint density at radius 3 is 2.64 bits per heavy atom. The highest BCUT2D eigenvalue weighted by Gasteiger charge is 2.16. The van der Waals surface area contributed by atoms with Gasteiger partial charge in [0.2, 0.25) is 0 Å². The molecule has 2 rings (SSSR count). The van der Waals surface area contributed by atoms with E-state index in [9.17, 15) is 4.79 Å². The van der Waals surface area contributed by atoms with Crippen LogP contribution in [0.2, 0.25) is 5.02 Å². The number of ether oxygens (including phenoxy) is 1. The summed E-state index contributed by atoms with van der Waals surface area (Å²) in [5.74, 6) is -0.395. The Balaban J connectivity index is 2.12. The molecule has 0 saturated carbocycles. The van der Waals surface area contributed by atoms with Crippen LogP contribution >= 0.6 is 35.2 Å². The van der Waals surface area contributed by atoms with Gasteiger partial charge in [-0.2, -0.15) is 0 Å². The highest BCUT2D eigenvalue weighted by atomic mass is 35.5. The van der Waals surface area contributed by atoms with Gasteiger partial charge < -0.3 is 15.4 Å². The molecule has 1 heterocycles. The summed E-state index contributed by atoms with van der Waals surface area (Å²) in [4.78, 5) is 12.7. The first kappa shape index (κ1) is 16.7. The summed E-state index contributed by atoms with van der Waals surface area (Å²) in [6.45, 7) is 3.85. The smallest absolute Gasteiger partial charge is 0.340 e. The number of thiocarbonyl (C=S) groups is 1. The summed E-state index contributed by atoms with van der Waals surface area (Å²) in [6.07, 6.45) is 0. The van der Waals surface area contributed by atoms with E-state index in [4.69, 9.17) is 28.6 Å². The Hall–Kier alpha value is -1.63. The number of halogens is 1. The standard InChI is InChI=1S/C15H15ClN2O2S2/c1-8-4-5-10(7-12(8)16)17-15(21)18-13-11(14(19)20-3)6-9(2)22-13/h4-7H,1-3H3,(H2,17,18,21). The summed E-state index contributed by atoms with van der Waals surface area (Å²) in [5.41, 5.74) is 2.24. The minimum atomic E-state index is -0.395. The summed E-state index contributed by atoms with van der Waals surface area (Å²) < 4.78 is 4.77. The van der Waals surface area contributed by atoms with Crippen LogP contribution in [0, 0.1) is 13.8 Å². The number of methoxy groups -OCH3 is 1. The van der Waals surface area contributed by atoms with Crippen LogP contribution in [0.15, 0.2) is 24.3 Å². The van der Waals surface area contributed by atoms with E-state index in [1.165, 1.54) is 18.4 Å². The van der Waals surface area contributed by atoms with Crippen molar-refractivity contribution in [3.05, 3.63) is 45.3 Å². The third-order valence-electron chi connectivity index (χ3n) is 2.92. The van der Waals surface area contributed by atoms with Crippen LogP contribution in [0.4, 0.5) is 10.7 Å².